The fraction of sp³-hybridized carbons (Fsp3) is 0.769. The van der Waals surface area contributed by atoms with Gasteiger partial charge in [-0.2, -0.15) is 0 Å². The molecule has 4 fully saturated rings. The van der Waals surface area contributed by atoms with Gasteiger partial charge in [-0.15, -0.1) is 0 Å². The van der Waals surface area contributed by atoms with E-state index in [4.69, 9.17) is 0 Å². The van der Waals surface area contributed by atoms with E-state index in [0.717, 1.165) is 25.7 Å². The summed E-state index contributed by atoms with van der Waals surface area (Å²) >= 11 is 0. The first-order valence-electron chi connectivity index (χ1n) is 7.12. The number of carbonyl (C=O) groups is 3. The number of hydrogen-bond donors (Lipinski definition) is 0. The number of fused-ring (bicyclic) bond motifs is 1. The van der Waals surface area contributed by atoms with E-state index in [1.165, 1.54) is 4.90 Å². The van der Waals surface area contributed by atoms with Crippen LogP contribution in [0.2, 0.25) is 0 Å². The van der Waals surface area contributed by atoms with Crippen molar-refractivity contribution in [3.8, 4) is 0 Å². The largest absolute Gasteiger partial charge is 0.338 e. The third kappa shape index (κ3) is 1.45. The second-order valence-electron chi connectivity index (χ2n) is 5.91. The summed E-state index contributed by atoms with van der Waals surface area (Å²) in [6.07, 6.45) is 4.37. The molecule has 3 saturated heterocycles. The minimum Gasteiger partial charge on any atom is -0.338 e. The summed E-state index contributed by atoms with van der Waals surface area (Å²) in [5, 5.41) is 0. The van der Waals surface area contributed by atoms with Crippen molar-refractivity contribution >= 4 is 17.8 Å². The molecule has 1 saturated carbocycles. The van der Waals surface area contributed by atoms with Crippen LogP contribution >= 0.6 is 0 Å². The van der Waals surface area contributed by atoms with Crippen molar-refractivity contribution in [2.45, 2.75) is 50.2 Å². The smallest absolute Gasteiger partial charge is 0.328 e. The van der Waals surface area contributed by atoms with Gasteiger partial charge >= 0.3 is 6.03 Å². The van der Waals surface area contributed by atoms with E-state index in [1.54, 1.807) is 4.90 Å². The Morgan fingerprint density at radius 2 is 1.58 bits per heavy atom. The van der Waals surface area contributed by atoms with Gasteiger partial charge in [0.05, 0.1) is 0 Å². The lowest BCUT2D eigenvalue weighted by Crippen LogP contribution is -2.46. The molecule has 4 rings (SSSR count). The van der Waals surface area contributed by atoms with Gasteiger partial charge in [-0.1, -0.05) is 0 Å². The van der Waals surface area contributed by atoms with Crippen LogP contribution in [0.1, 0.15) is 32.1 Å². The molecule has 4 amide bonds. The van der Waals surface area contributed by atoms with Gasteiger partial charge in [0, 0.05) is 19.1 Å². The van der Waals surface area contributed by atoms with E-state index >= 15 is 0 Å². The van der Waals surface area contributed by atoms with Crippen LogP contribution in [0.25, 0.3) is 0 Å². The molecule has 0 aromatic carbocycles. The maximum Gasteiger partial charge on any atom is 0.328 e. The summed E-state index contributed by atoms with van der Waals surface area (Å²) in [6.45, 7) is 1.34. The number of urea groups is 1. The topological polar surface area (TPSA) is 60.9 Å². The molecule has 2 atom stereocenters. The zero-order valence-corrected chi connectivity index (χ0v) is 10.7. The normalized spacial score (nSPS) is 34.7. The minimum atomic E-state index is -0.536. The summed E-state index contributed by atoms with van der Waals surface area (Å²) < 4.78 is 0. The van der Waals surface area contributed by atoms with Gasteiger partial charge in [-0.05, 0) is 32.1 Å². The Morgan fingerprint density at radius 1 is 0.789 bits per heavy atom. The standard InChI is InChI=1S/C13H17N3O3/c17-11-10(5-7-14(11)8-3-4-8)16-12(18)9-2-1-6-15(9)13(16)19/h8-10H,1-7H2/t9-,10+/m0/s1. The molecule has 0 unspecified atom stereocenters. The Morgan fingerprint density at radius 3 is 2.26 bits per heavy atom. The first-order chi connectivity index (χ1) is 9.18. The van der Waals surface area contributed by atoms with Crippen molar-refractivity contribution in [3.63, 3.8) is 0 Å². The van der Waals surface area contributed by atoms with Gasteiger partial charge in [-0.25, -0.2) is 9.69 Å². The molecule has 4 aliphatic rings. The van der Waals surface area contributed by atoms with E-state index < -0.39 is 6.04 Å². The highest BCUT2D eigenvalue weighted by Gasteiger charge is 2.54. The lowest BCUT2D eigenvalue weighted by molar-refractivity contribution is -0.138. The summed E-state index contributed by atoms with van der Waals surface area (Å²) in [6, 6.07) is -0.713. The predicted octanol–water partition coefficient (Wildman–Crippen LogP) is 0.176. The van der Waals surface area contributed by atoms with E-state index in [-0.39, 0.29) is 23.9 Å². The molecule has 3 aliphatic heterocycles. The molecule has 0 spiro atoms. The van der Waals surface area contributed by atoms with Crippen LogP contribution in [-0.4, -0.2) is 63.8 Å². The molecule has 0 aromatic rings. The highest BCUT2D eigenvalue weighted by atomic mass is 16.2. The quantitative estimate of drug-likeness (QED) is 0.668. The lowest BCUT2D eigenvalue weighted by Gasteiger charge is -2.22. The number of hydrogen-bond acceptors (Lipinski definition) is 3. The molecule has 0 N–H and O–H groups in total. The second kappa shape index (κ2) is 3.71. The van der Waals surface area contributed by atoms with Crippen LogP contribution in [0, 0.1) is 0 Å². The molecular weight excluding hydrogens is 246 g/mol. The van der Waals surface area contributed by atoms with Crippen LogP contribution in [0.5, 0.6) is 0 Å². The first-order valence-corrected chi connectivity index (χ1v) is 7.12. The van der Waals surface area contributed by atoms with Gasteiger partial charge in [0.15, 0.2) is 0 Å². The van der Waals surface area contributed by atoms with Crippen LogP contribution in [0.3, 0.4) is 0 Å². The van der Waals surface area contributed by atoms with E-state index in [0.29, 0.717) is 25.6 Å². The average molecular weight is 263 g/mol. The van der Waals surface area contributed by atoms with Crippen molar-refractivity contribution < 1.29 is 14.4 Å². The monoisotopic (exact) mass is 263 g/mol. The zero-order chi connectivity index (χ0) is 13.1. The van der Waals surface area contributed by atoms with E-state index in [9.17, 15) is 14.4 Å². The molecule has 6 heteroatoms. The Kier molecular flexibility index (Phi) is 2.20. The molecule has 0 bridgehead atoms. The summed E-state index contributed by atoms with van der Waals surface area (Å²) in [5.74, 6) is -0.177. The average Bonchev–Trinajstić information content (AvgIpc) is 2.91. The third-order valence-electron chi connectivity index (χ3n) is 4.74. The van der Waals surface area contributed by atoms with Crippen LogP contribution in [-0.2, 0) is 9.59 Å². The number of amides is 4. The molecule has 102 valence electrons. The third-order valence-corrected chi connectivity index (χ3v) is 4.74. The predicted molar refractivity (Wildman–Crippen MR) is 65.1 cm³/mol. The maximum absolute atomic E-state index is 12.3. The van der Waals surface area contributed by atoms with Crippen molar-refractivity contribution in [3.05, 3.63) is 0 Å². The van der Waals surface area contributed by atoms with Gasteiger partial charge in [0.1, 0.15) is 12.1 Å². The van der Waals surface area contributed by atoms with Crippen LogP contribution in [0.4, 0.5) is 4.79 Å². The Labute approximate surface area is 111 Å². The molecular formula is C13H17N3O3. The van der Waals surface area contributed by atoms with Crippen molar-refractivity contribution in [1.82, 2.24) is 14.7 Å². The van der Waals surface area contributed by atoms with Gasteiger partial charge in [0.25, 0.3) is 5.91 Å². The highest BCUT2D eigenvalue weighted by Crippen LogP contribution is 2.35. The molecule has 6 nitrogen and oxygen atoms in total. The maximum atomic E-state index is 12.3. The number of carbonyl (C=O) groups excluding carboxylic acids is 3. The number of likely N-dealkylation sites (tertiary alicyclic amines) is 1. The minimum absolute atomic E-state index is 0.0228. The number of nitrogens with zero attached hydrogens (tertiary/aromatic N) is 3. The molecule has 0 aromatic heterocycles. The molecule has 1 aliphatic carbocycles. The number of imide groups is 1. The van der Waals surface area contributed by atoms with Gasteiger partial charge in [0.2, 0.25) is 5.91 Å². The Hall–Kier alpha value is -1.59. The van der Waals surface area contributed by atoms with Crippen molar-refractivity contribution in [2.24, 2.45) is 0 Å². The van der Waals surface area contributed by atoms with E-state index in [2.05, 4.69) is 0 Å². The molecule has 0 radical (unpaired) electrons. The lowest BCUT2D eigenvalue weighted by atomic mass is 10.1. The first kappa shape index (κ1) is 11.3. The zero-order valence-electron chi connectivity index (χ0n) is 10.7. The fourth-order valence-electron chi connectivity index (χ4n) is 3.61. The Balaban J connectivity index is 1.58. The van der Waals surface area contributed by atoms with Gasteiger partial charge in [-0.3, -0.25) is 9.59 Å². The highest BCUT2D eigenvalue weighted by molar-refractivity contribution is 6.08. The van der Waals surface area contributed by atoms with Gasteiger partial charge < -0.3 is 9.80 Å². The van der Waals surface area contributed by atoms with Crippen LogP contribution in [0.15, 0.2) is 0 Å². The summed E-state index contributed by atoms with van der Waals surface area (Å²) in [4.78, 5) is 41.7. The van der Waals surface area contributed by atoms with Crippen molar-refractivity contribution in [1.29, 1.82) is 0 Å². The van der Waals surface area contributed by atoms with Crippen molar-refractivity contribution in [2.75, 3.05) is 13.1 Å². The molecule has 3 heterocycles. The number of rotatable bonds is 2. The SMILES string of the molecule is O=C1[C@H](N2C(=O)[C@@H]3CCCN3C2=O)CCN1C1CC1. The summed E-state index contributed by atoms with van der Waals surface area (Å²) in [5.41, 5.74) is 0. The summed E-state index contributed by atoms with van der Waals surface area (Å²) in [7, 11) is 0. The van der Waals surface area contributed by atoms with E-state index in [1.807, 2.05) is 4.90 Å². The fourth-order valence-corrected chi connectivity index (χ4v) is 3.61. The second-order valence-corrected chi connectivity index (χ2v) is 5.91. The Bertz CT molecular complexity index is 452. The molecule has 19 heavy (non-hydrogen) atoms. The van der Waals surface area contributed by atoms with Crippen LogP contribution < -0.4 is 0 Å².